The highest BCUT2D eigenvalue weighted by Crippen LogP contribution is 2.33. The third-order valence-electron chi connectivity index (χ3n) is 7.33. The van der Waals surface area contributed by atoms with Crippen molar-refractivity contribution in [3.8, 4) is 0 Å². The van der Waals surface area contributed by atoms with Gasteiger partial charge in [-0.25, -0.2) is 0 Å². The van der Waals surface area contributed by atoms with E-state index in [1.54, 1.807) is 48.5 Å². The fraction of sp³-hybridized carbons (Fsp3) is 0.125. The molecule has 4 aromatic rings. The predicted molar refractivity (Wildman–Crippen MR) is 142 cm³/mol. The van der Waals surface area contributed by atoms with Crippen molar-refractivity contribution in [3.05, 3.63) is 143 Å². The van der Waals surface area contributed by atoms with Gasteiger partial charge < -0.3 is 0 Å². The van der Waals surface area contributed by atoms with Gasteiger partial charge in [0.2, 0.25) is 0 Å². The van der Waals surface area contributed by atoms with Crippen LogP contribution in [0, 0.1) is 0 Å². The van der Waals surface area contributed by atoms with Crippen LogP contribution in [-0.4, -0.2) is 45.5 Å². The molecule has 0 N–H and O–H groups in total. The molecule has 6 rings (SSSR count). The lowest BCUT2D eigenvalue weighted by Gasteiger charge is -2.38. The van der Waals surface area contributed by atoms with Crippen molar-refractivity contribution in [3.63, 3.8) is 0 Å². The summed E-state index contributed by atoms with van der Waals surface area (Å²) in [4.78, 5) is 57.4. The fourth-order valence-corrected chi connectivity index (χ4v) is 5.53. The van der Waals surface area contributed by atoms with E-state index in [2.05, 4.69) is 0 Å². The minimum atomic E-state index is -0.785. The van der Waals surface area contributed by atoms with Gasteiger partial charge in [-0.1, -0.05) is 84.9 Å². The molecule has 0 radical (unpaired) electrons. The summed E-state index contributed by atoms with van der Waals surface area (Å²) in [6, 6.07) is 31.0. The summed E-state index contributed by atoms with van der Waals surface area (Å²) in [5.74, 6) is -1.66. The Labute approximate surface area is 220 Å². The maximum Gasteiger partial charge on any atom is 0.261 e. The van der Waals surface area contributed by atoms with E-state index in [4.69, 9.17) is 0 Å². The zero-order valence-electron chi connectivity index (χ0n) is 20.5. The van der Waals surface area contributed by atoms with Crippen molar-refractivity contribution in [2.45, 2.75) is 24.9 Å². The van der Waals surface area contributed by atoms with Crippen LogP contribution < -0.4 is 0 Å². The lowest BCUT2D eigenvalue weighted by Crippen LogP contribution is -2.57. The third-order valence-corrected chi connectivity index (χ3v) is 7.33. The highest BCUT2D eigenvalue weighted by atomic mass is 16.2. The first-order chi connectivity index (χ1) is 18.5. The number of rotatable bonds is 7. The Bertz CT molecular complexity index is 1380. The number of nitrogens with zero attached hydrogens (tertiary/aromatic N) is 2. The molecule has 2 aliphatic rings. The van der Waals surface area contributed by atoms with Crippen molar-refractivity contribution < 1.29 is 19.2 Å². The zero-order chi connectivity index (χ0) is 26.2. The van der Waals surface area contributed by atoms with Crippen LogP contribution in [0.25, 0.3) is 0 Å². The normalized spacial score (nSPS) is 16.0. The van der Waals surface area contributed by atoms with E-state index in [0.717, 1.165) is 11.1 Å². The molecule has 2 aliphatic heterocycles. The van der Waals surface area contributed by atoms with E-state index < -0.39 is 35.7 Å². The number of fused-ring (bicyclic) bond motifs is 2. The molecule has 38 heavy (non-hydrogen) atoms. The molecule has 0 aliphatic carbocycles. The molecule has 6 heteroatoms. The second-order valence-corrected chi connectivity index (χ2v) is 9.57. The van der Waals surface area contributed by atoms with Gasteiger partial charge in [0.1, 0.15) is 0 Å². The van der Waals surface area contributed by atoms with Crippen molar-refractivity contribution in [1.29, 1.82) is 0 Å². The van der Waals surface area contributed by atoms with Gasteiger partial charge >= 0.3 is 0 Å². The van der Waals surface area contributed by atoms with Gasteiger partial charge in [-0.05, 0) is 48.2 Å². The Morgan fingerprint density at radius 3 is 0.947 bits per heavy atom. The molecule has 4 aromatic carbocycles. The second kappa shape index (κ2) is 9.56. The Morgan fingerprint density at radius 1 is 0.395 bits per heavy atom. The summed E-state index contributed by atoms with van der Waals surface area (Å²) in [6.45, 7) is 0. The molecule has 2 atom stereocenters. The van der Waals surface area contributed by atoms with Gasteiger partial charge in [0.05, 0.1) is 34.3 Å². The molecule has 2 heterocycles. The van der Waals surface area contributed by atoms with Crippen LogP contribution in [0.3, 0.4) is 0 Å². The predicted octanol–water partition coefficient (Wildman–Crippen LogP) is 4.80. The van der Waals surface area contributed by atoms with Gasteiger partial charge in [0.15, 0.2) is 0 Å². The summed E-state index contributed by atoms with van der Waals surface area (Å²) in [5, 5.41) is 0. The van der Waals surface area contributed by atoms with E-state index >= 15 is 0 Å². The number of imide groups is 2. The maximum atomic E-state index is 13.7. The van der Waals surface area contributed by atoms with Crippen LogP contribution in [0.15, 0.2) is 109 Å². The minimum absolute atomic E-state index is 0.289. The van der Waals surface area contributed by atoms with Gasteiger partial charge in [-0.15, -0.1) is 0 Å². The standard InChI is InChI=1S/C32H24N2O4/c35-29-23-15-7-8-16-24(23)30(36)33(29)27(19-21-11-3-1-4-12-21)28(20-22-13-5-2-6-14-22)34-31(37)25-17-9-10-18-26(25)32(34)38/h1-18,27-28H,19-20H2. The number of amides is 4. The topological polar surface area (TPSA) is 74.8 Å². The molecule has 2 unspecified atom stereocenters. The number of carbonyl (C=O) groups excluding carboxylic acids is 4. The Hall–Kier alpha value is -4.84. The SMILES string of the molecule is O=C1c2ccccc2C(=O)N1C(Cc1ccccc1)C(Cc1ccccc1)N1C(=O)c2ccccc2C1=O. The lowest BCUT2D eigenvalue weighted by molar-refractivity contribution is 0.0360. The molecule has 0 saturated heterocycles. The van der Waals surface area contributed by atoms with Crippen LogP contribution in [0.2, 0.25) is 0 Å². The van der Waals surface area contributed by atoms with E-state index in [1.807, 2.05) is 60.7 Å². The molecule has 0 spiro atoms. The molecule has 4 amide bonds. The first-order valence-electron chi connectivity index (χ1n) is 12.6. The van der Waals surface area contributed by atoms with Crippen molar-refractivity contribution in [2.75, 3.05) is 0 Å². The summed E-state index contributed by atoms with van der Waals surface area (Å²) in [6.07, 6.45) is 0.578. The summed E-state index contributed by atoms with van der Waals surface area (Å²) >= 11 is 0. The number of carbonyl (C=O) groups is 4. The molecule has 0 saturated carbocycles. The number of hydrogen-bond acceptors (Lipinski definition) is 4. The van der Waals surface area contributed by atoms with Gasteiger partial charge in [-0.3, -0.25) is 29.0 Å². The fourth-order valence-electron chi connectivity index (χ4n) is 5.53. The first kappa shape index (κ1) is 23.6. The van der Waals surface area contributed by atoms with E-state index in [0.29, 0.717) is 22.3 Å². The molecule has 0 aromatic heterocycles. The minimum Gasteiger partial charge on any atom is -0.269 e. The van der Waals surface area contributed by atoms with Gasteiger partial charge in [0, 0.05) is 0 Å². The largest absolute Gasteiger partial charge is 0.269 e. The zero-order valence-corrected chi connectivity index (χ0v) is 20.5. The maximum absolute atomic E-state index is 13.7. The van der Waals surface area contributed by atoms with E-state index in [1.165, 1.54) is 9.80 Å². The number of benzene rings is 4. The second-order valence-electron chi connectivity index (χ2n) is 9.57. The van der Waals surface area contributed by atoms with Crippen LogP contribution in [0.4, 0.5) is 0 Å². The molecule has 186 valence electrons. The van der Waals surface area contributed by atoms with Crippen LogP contribution in [0.5, 0.6) is 0 Å². The average molecular weight is 501 g/mol. The van der Waals surface area contributed by atoms with Crippen molar-refractivity contribution in [1.82, 2.24) is 9.80 Å². The van der Waals surface area contributed by atoms with Crippen LogP contribution in [-0.2, 0) is 12.8 Å². The molecule has 0 bridgehead atoms. The summed E-state index contributed by atoms with van der Waals surface area (Å²) in [5.41, 5.74) is 3.10. The summed E-state index contributed by atoms with van der Waals surface area (Å²) < 4.78 is 0. The average Bonchev–Trinajstić information content (AvgIpc) is 3.36. The highest BCUT2D eigenvalue weighted by molar-refractivity contribution is 6.23. The van der Waals surface area contributed by atoms with Crippen LogP contribution >= 0.6 is 0 Å². The Morgan fingerprint density at radius 2 is 0.658 bits per heavy atom. The lowest BCUT2D eigenvalue weighted by atomic mass is 9.91. The first-order valence-corrected chi connectivity index (χ1v) is 12.6. The highest BCUT2D eigenvalue weighted by Gasteiger charge is 2.48. The molecule has 0 fully saturated rings. The quantitative estimate of drug-likeness (QED) is 0.342. The third kappa shape index (κ3) is 3.91. The van der Waals surface area contributed by atoms with E-state index in [9.17, 15) is 19.2 Å². The number of hydrogen-bond donors (Lipinski definition) is 0. The van der Waals surface area contributed by atoms with Gasteiger partial charge in [0.25, 0.3) is 23.6 Å². The monoisotopic (exact) mass is 500 g/mol. The van der Waals surface area contributed by atoms with E-state index in [-0.39, 0.29) is 12.8 Å². The Kier molecular flexibility index (Phi) is 5.92. The molecular formula is C32H24N2O4. The van der Waals surface area contributed by atoms with Crippen molar-refractivity contribution in [2.24, 2.45) is 0 Å². The summed E-state index contributed by atoms with van der Waals surface area (Å²) in [7, 11) is 0. The molecule has 6 nitrogen and oxygen atoms in total. The van der Waals surface area contributed by atoms with Gasteiger partial charge in [-0.2, -0.15) is 0 Å². The van der Waals surface area contributed by atoms with Crippen LogP contribution in [0.1, 0.15) is 52.6 Å². The smallest absolute Gasteiger partial charge is 0.261 e. The Balaban J connectivity index is 1.50. The molecular weight excluding hydrogens is 476 g/mol. The van der Waals surface area contributed by atoms with Crippen molar-refractivity contribution >= 4 is 23.6 Å².